The first-order chi connectivity index (χ1) is 14.8. The van der Waals surface area contributed by atoms with Gasteiger partial charge in [-0.15, -0.1) is 11.3 Å². The van der Waals surface area contributed by atoms with Gasteiger partial charge in [0.2, 0.25) is 0 Å². The number of morpholine rings is 1. The zero-order valence-corrected chi connectivity index (χ0v) is 17.7. The van der Waals surface area contributed by atoms with Crippen molar-refractivity contribution in [2.45, 2.75) is 19.3 Å². The second-order valence-electron chi connectivity index (χ2n) is 7.95. The van der Waals surface area contributed by atoms with Crippen molar-refractivity contribution in [3.8, 4) is 0 Å². The van der Waals surface area contributed by atoms with Gasteiger partial charge in [0, 0.05) is 49.9 Å². The molecule has 30 heavy (non-hydrogen) atoms. The molecule has 0 N–H and O–H groups in total. The van der Waals surface area contributed by atoms with E-state index in [1.807, 2.05) is 0 Å². The lowest BCUT2D eigenvalue weighted by Crippen LogP contribution is -2.37. The summed E-state index contributed by atoms with van der Waals surface area (Å²) in [5, 5.41) is 1.07. The van der Waals surface area contributed by atoms with E-state index in [0.717, 1.165) is 73.8 Å². The molecule has 2 aromatic heterocycles. The number of hydrogen-bond donors (Lipinski definition) is 0. The van der Waals surface area contributed by atoms with Gasteiger partial charge in [-0.3, -0.25) is 9.78 Å². The number of rotatable bonds is 5. The van der Waals surface area contributed by atoms with Gasteiger partial charge in [0.05, 0.1) is 29.1 Å². The number of ketones is 1. The lowest BCUT2D eigenvalue weighted by molar-refractivity contribution is 0.0960. The van der Waals surface area contributed by atoms with Crippen LogP contribution in [0.15, 0.2) is 36.2 Å². The van der Waals surface area contributed by atoms with Crippen molar-refractivity contribution in [2.24, 2.45) is 5.92 Å². The summed E-state index contributed by atoms with van der Waals surface area (Å²) in [5.41, 5.74) is 3.87. The van der Waals surface area contributed by atoms with Crippen LogP contribution in [0.3, 0.4) is 0 Å². The smallest absolute Gasteiger partial charge is 0.174 e. The maximum atomic E-state index is 12.5. The third-order valence-electron chi connectivity index (χ3n) is 5.98. The summed E-state index contributed by atoms with van der Waals surface area (Å²) in [4.78, 5) is 31.2. The molecule has 156 valence electrons. The molecule has 2 saturated heterocycles. The fraction of sp³-hybridized carbons (Fsp3) is 0.455. The van der Waals surface area contributed by atoms with E-state index >= 15 is 0 Å². The standard InChI is InChI=1S/C22H25N5O2S/c28-20(21-12-23-15-30-21)10-16-2-1-5-27(13-16)22-18-4-3-17(11-19(18)24-14-25-22)26-6-8-29-9-7-26/h3-4,11-12,14-16H,1-2,5-10,13H2. The SMILES string of the molecule is O=C(CC1CCCN(c2ncnc3cc(N4CCOCC4)ccc23)C1)c1cncs1. The number of fused-ring (bicyclic) bond motifs is 1. The van der Waals surface area contributed by atoms with Crippen molar-refractivity contribution in [1.82, 2.24) is 15.0 Å². The molecular weight excluding hydrogens is 398 g/mol. The van der Waals surface area contributed by atoms with E-state index in [0.29, 0.717) is 12.3 Å². The van der Waals surface area contributed by atoms with Crippen LogP contribution < -0.4 is 9.80 Å². The molecule has 1 atom stereocenters. The first-order valence-electron chi connectivity index (χ1n) is 10.5. The van der Waals surface area contributed by atoms with Gasteiger partial charge in [0.25, 0.3) is 0 Å². The highest BCUT2D eigenvalue weighted by Crippen LogP contribution is 2.31. The molecule has 0 radical (unpaired) electrons. The van der Waals surface area contributed by atoms with E-state index < -0.39 is 0 Å². The molecule has 4 heterocycles. The summed E-state index contributed by atoms with van der Waals surface area (Å²) in [5.74, 6) is 1.52. The number of aromatic nitrogens is 3. The fourth-order valence-electron chi connectivity index (χ4n) is 4.44. The number of benzene rings is 1. The summed E-state index contributed by atoms with van der Waals surface area (Å²) >= 11 is 1.42. The van der Waals surface area contributed by atoms with E-state index in [1.54, 1.807) is 18.0 Å². The molecule has 1 aromatic carbocycles. The van der Waals surface area contributed by atoms with E-state index in [2.05, 4.69) is 43.0 Å². The molecule has 0 bridgehead atoms. The van der Waals surface area contributed by atoms with Crippen LogP contribution in [0.5, 0.6) is 0 Å². The van der Waals surface area contributed by atoms with E-state index in [1.165, 1.54) is 17.0 Å². The van der Waals surface area contributed by atoms with Crippen LogP contribution in [-0.4, -0.2) is 60.1 Å². The maximum absolute atomic E-state index is 12.5. The van der Waals surface area contributed by atoms with E-state index in [9.17, 15) is 4.79 Å². The van der Waals surface area contributed by atoms with Crippen molar-refractivity contribution < 1.29 is 9.53 Å². The van der Waals surface area contributed by atoms with Crippen LogP contribution in [0.4, 0.5) is 11.5 Å². The third-order valence-corrected chi connectivity index (χ3v) is 6.79. The second kappa shape index (κ2) is 8.65. The Morgan fingerprint density at radius 3 is 2.90 bits per heavy atom. The van der Waals surface area contributed by atoms with E-state index in [-0.39, 0.29) is 5.78 Å². The minimum absolute atomic E-state index is 0.201. The molecule has 0 spiro atoms. The third kappa shape index (κ3) is 4.02. The fourth-order valence-corrected chi connectivity index (χ4v) is 5.01. The van der Waals surface area contributed by atoms with Gasteiger partial charge < -0.3 is 14.5 Å². The minimum atomic E-state index is 0.201. The lowest BCUT2D eigenvalue weighted by atomic mass is 9.92. The summed E-state index contributed by atoms with van der Waals surface area (Å²) in [6.07, 6.45) is 6.05. The number of nitrogens with zero attached hydrogens (tertiary/aromatic N) is 5. The van der Waals surface area contributed by atoms with Gasteiger partial charge in [-0.1, -0.05) is 0 Å². The van der Waals surface area contributed by atoms with Crippen molar-refractivity contribution in [1.29, 1.82) is 0 Å². The number of thiazole rings is 1. The molecule has 5 rings (SSSR count). The Balaban J connectivity index is 1.35. The topological polar surface area (TPSA) is 71.5 Å². The quantitative estimate of drug-likeness (QED) is 0.582. The first-order valence-corrected chi connectivity index (χ1v) is 11.4. The molecule has 7 nitrogen and oxygen atoms in total. The van der Waals surface area contributed by atoms with Gasteiger partial charge >= 0.3 is 0 Å². The normalized spacial score (nSPS) is 19.9. The van der Waals surface area contributed by atoms with Gasteiger partial charge in [-0.05, 0) is 37.0 Å². The van der Waals surface area contributed by atoms with Gasteiger partial charge in [0.1, 0.15) is 12.1 Å². The van der Waals surface area contributed by atoms with Crippen LogP contribution in [-0.2, 0) is 4.74 Å². The monoisotopic (exact) mass is 423 g/mol. The highest BCUT2D eigenvalue weighted by atomic mass is 32.1. The molecule has 2 fully saturated rings. The van der Waals surface area contributed by atoms with Crippen molar-refractivity contribution in [2.75, 3.05) is 49.2 Å². The predicted octanol–water partition coefficient (Wildman–Crippen LogP) is 3.41. The Morgan fingerprint density at radius 1 is 1.17 bits per heavy atom. The van der Waals surface area contributed by atoms with Crippen LogP contribution in [0.1, 0.15) is 28.9 Å². The van der Waals surface area contributed by atoms with Crippen LogP contribution in [0, 0.1) is 5.92 Å². The summed E-state index contributed by atoms with van der Waals surface area (Å²) in [6, 6.07) is 6.46. The summed E-state index contributed by atoms with van der Waals surface area (Å²) < 4.78 is 5.47. The van der Waals surface area contributed by atoms with Crippen LogP contribution in [0.2, 0.25) is 0 Å². The molecule has 0 amide bonds. The molecule has 0 saturated carbocycles. The number of carbonyl (C=O) groups is 1. The van der Waals surface area contributed by atoms with E-state index in [4.69, 9.17) is 4.74 Å². The van der Waals surface area contributed by atoms with Gasteiger partial charge in [-0.2, -0.15) is 0 Å². The summed E-state index contributed by atoms with van der Waals surface area (Å²) in [7, 11) is 0. The van der Waals surface area contributed by atoms with Gasteiger partial charge in [-0.25, -0.2) is 9.97 Å². The Kier molecular flexibility index (Phi) is 5.59. The molecule has 1 unspecified atom stereocenters. The highest BCUT2D eigenvalue weighted by molar-refractivity contribution is 7.11. The van der Waals surface area contributed by atoms with Crippen LogP contribution >= 0.6 is 11.3 Å². The number of Topliss-reactive ketones (excluding diaryl/α,β-unsaturated/α-hetero) is 1. The molecular formula is C22H25N5O2S. The number of ether oxygens (including phenoxy) is 1. The zero-order chi connectivity index (χ0) is 20.3. The summed E-state index contributed by atoms with van der Waals surface area (Å²) in [6.45, 7) is 5.16. The van der Waals surface area contributed by atoms with Crippen molar-refractivity contribution >= 4 is 39.5 Å². The Labute approximate surface area is 179 Å². The zero-order valence-electron chi connectivity index (χ0n) is 16.9. The average molecular weight is 424 g/mol. The average Bonchev–Trinajstić information content (AvgIpc) is 3.34. The van der Waals surface area contributed by atoms with Crippen LogP contribution in [0.25, 0.3) is 10.9 Å². The van der Waals surface area contributed by atoms with Crippen molar-refractivity contribution in [3.63, 3.8) is 0 Å². The number of anilines is 2. The lowest BCUT2D eigenvalue weighted by Gasteiger charge is -2.34. The Hall–Kier alpha value is -2.58. The largest absolute Gasteiger partial charge is 0.378 e. The minimum Gasteiger partial charge on any atom is -0.378 e. The van der Waals surface area contributed by atoms with Crippen molar-refractivity contribution in [3.05, 3.63) is 41.1 Å². The Bertz CT molecular complexity index is 1020. The van der Waals surface area contributed by atoms with Gasteiger partial charge in [0.15, 0.2) is 5.78 Å². The second-order valence-corrected chi connectivity index (χ2v) is 8.83. The molecule has 0 aliphatic carbocycles. The Morgan fingerprint density at radius 2 is 2.07 bits per heavy atom. The number of piperidine rings is 1. The first kappa shape index (κ1) is 19.4. The molecule has 8 heteroatoms. The number of hydrogen-bond acceptors (Lipinski definition) is 8. The predicted molar refractivity (Wildman–Crippen MR) is 119 cm³/mol. The number of carbonyl (C=O) groups excluding carboxylic acids is 1. The molecule has 3 aromatic rings. The molecule has 2 aliphatic heterocycles. The highest BCUT2D eigenvalue weighted by Gasteiger charge is 2.25. The maximum Gasteiger partial charge on any atom is 0.174 e. The molecule has 2 aliphatic rings.